The van der Waals surface area contributed by atoms with E-state index in [1.165, 1.54) is 18.3 Å². The van der Waals surface area contributed by atoms with Crippen molar-refractivity contribution in [3.8, 4) is 11.6 Å². The van der Waals surface area contributed by atoms with E-state index >= 15 is 0 Å². The van der Waals surface area contributed by atoms with Gasteiger partial charge in [0.1, 0.15) is 0 Å². The summed E-state index contributed by atoms with van der Waals surface area (Å²) in [5, 5.41) is 10.9. The molecule has 2 rings (SSSR count). The number of nitro groups is 1. The Hall–Kier alpha value is -2.21. The molecule has 7 heteroatoms. The summed E-state index contributed by atoms with van der Waals surface area (Å²) >= 11 is 5.67. The van der Waals surface area contributed by atoms with Gasteiger partial charge in [-0.1, -0.05) is 6.07 Å². The second kappa shape index (κ2) is 5.83. The van der Waals surface area contributed by atoms with Crippen molar-refractivity contribution in [3.63, 3.8) is 0 Å². The van der Waals surface area contributed by atoms with Gasteiger partial charge >= 0.3 is 5.69 Å². The van der Waals surface area contributed by atoms with Crippen LogP contribution in [0.15, 0.2) is 30.5 Å². The highest BCUT2D eigenvalue weighted by Crippen LogP contribution is 2.34. The molecule has 104 valence electrons. The number of para-hydroxylation sites is 1. The molecule has 5 nitrogen and oxygen atoms in total. The van der Waals surface area contributed by atoms with Crippen LogP contribution in [-0.2, 0) is 5.88 Å². The quantitative estimate of drug-likeness (QED) is 0.486. The molecule has 0 fully saturated rings. The van der Waals surface area contributed by atoms with Crippen LogP contribution in [0.1, 0.15) is 11.1 Å². The number of hydrogen-bond donors (Lipinski definition) is 0. The third-order valence-electron chi connectivity index (χ3n) is 2.58. The fraction of sp³-hybridized carbons (Fsp3) is 0.154. The first-order valence-electron chi connectivity index (χ1n) is 5.65. The lowest BCUT2D eigenvalue weighted by Gasteiger charge is -2.09. The minimum atomic E-state index is -0.818. The van der Waals surface area contributed by atoms with E-state index in [1.54, 1.807) is 13.0 Å². The van der Waals surface area contributed by atoms with Gasteiger partial charge in [0, 0.05) is 23.7 Å². The molecule has 0 aliphatic heterocycles. The van der Waals surface area contributed by atoms with E-state index in [2.05, 4.69) is 4.98 Å². The number of nitro benzene ring substituents is 1. The molecule has 0 atom stereocenters. The third kappa shape index (κ3) is 2.85. The second-order valence-electron chi connectivity index (χ2n) is 4.05. The minimum absolute atomic E-state index is 0.104. The summed E-state index contributed by atoms with van der Waals surface area (Å²) in [7, 11) is 0. The Balaban J connectivity index is 2.42. The Kier molecular flexibility index (Phi) is 4.14. The predicted octanol–water partition coefficient (Wildman–Crippen LogP) is 3.97. The standard InChI is InChI=1S/C13H10ClFN2O3/c1-8-5-9(6-14)7-16-13(8)20-12-10(15)3-2-4-11(12)17(18)19/h2-5,7H,6H2,1H3. The number of aryl methyl sites for hydroxylation is 1. The van der Waals surface area contributed by atoms with Crippen molar-refractivity contribution >= 4 is 17.3 Å². The molecule has 0 saturated carbocycles. The van der Waals surface area contributed by atoms with Crippen molar-refractivity contribution in [2.45, 2.75) is 12.8 Å². The first-order valence-corrected chi connectivity index (χ1v) is 6.18. The fourth-order valence-electron chi connectivity index (χ4n) is 1.64. The van der Waals surface area contributed by atoms with Gasteiger partial charge in [0.2, 0.25) is 11.6 Å². The molecule has 0 aliphatic rings. The van der Waals surface area contributed by atoms with E-state index < -0.39 is 22.2 Å². The SMILES string of the molecule is Cc1cc(CCl)cnc1Oc1c(F)cccc1[N+](=O)[O-]. The van der Waals surface area contributed by atoms with Gasteiger partial charge in [-0.2, -0.15) is 0 Å². The highest BCUT2D eigenvalue weighted by atomic mass is 35.5. The van der Waals surface area contributed by atoms with Crippen LogP contribution in [0.5, 0.6) is 11.6 Å². The third-order valence-corrected chi connectivity index (χ3v) is 2.89. The Morgan fingerprint density at radius 3 is 2.85 bits per heavy atom. The second-order valence-corrected chi connectivity index (χ2v) is 4.31. The molecule has 1 aromatic carbocycles. The zero-order valence-corrected chi connectivity index (χ0v) is 11.2. The lowest BCUT2D eigenvalue weighted by Crippen LogP contribution is -1.99. The largest absolute Gasteiger partial charge is 0.428 e. The highest BCUT2D eigenvalue weighted by molar-refractivity contribution is 6.17. The molecular weight excluding hydrogens is 287 g/mol. The first kappa shape index (κ1) is 14.2. The molecule has 0 saturated heterocycles. The maximum atomic E-state index is 13.7. The van der Waals surface area contributed by atoms with Gasteiger partial charge in [0.05, 0.1) is 4.92 Å². The molecule has 20 heavy (non-hydrogen) atoms. The summed E-state index contributed by atoms with van der Waals surface area (Å²) < 4.78 is 19.0. The van der Waals surface area contributed by atoms with Gasteiger partial charge in [-0.25, -0.2) is 9.37 Å². The molecule has 0 unspecified atom stereocenters. The van der Waals surface area contributed by atoms with E-state index in [-0.39, 0.29) is 11.8 Å². The zero-order valence-electron chi connectivity index (χ0n) is 10.5. The van der Waals surface area contributed by atoms with E-state index in [4.69, 9.17) is 16.3 Å². The minimum Gasteiger partial charge on any atom is -0.428 e. The summed E-state index contributed by atoms with van der Waals surface area (Å²) in [5.41, 5.74) is 0.938. The molecule has 2 aromatic rings. The topological polar surface area (TPSA) is 65.3 Å². The summed E-state index contributed by atoms with van der Waals surface area (Å²) in [6, 6.07) is 5.23. The van der Waals surface area contributed by atoms with Crippen LogP contribution >= 0.6 is 11.6 Å². The Bertz CT molecular complexity index is 664. The van der Waals surface area contributed by atoms with Gasteiger partial charge in [-0.15, -0.1) is 11.6 Å². The molecule has 0 spiro atoms. The molecular formula is C13H10ClFN2O3. The summed E-state index contributed by atoms with van der Waals surface area (Å²) in [5.74, 6) is -0.880. The average molecular weight is 297 g/mol. The lowest BCUT2D eigenvalue weighted by atomic mass is 10.2. The van der Waals surface area contributed by atoms with E-state index in [0.717, 1.165) is 11.6 Å². The van der Waals surface area contributed by atoms with Crippen LogP contribution in [0.25, 0.3) is 0 Å². The summed E-state index contributed by atoms with van der Waals surface area (Å²) in [6.45, 7) is 1.70. The summed E-state index contributed by atoms with van der Waals surface area (Å²) in [6.07, 6.45) is 1.47. The molecule has 0 N–H and O–H groups in total. The van der Waals surface area contributed by atoms with E-state index in [9.17, 15) is 14.5 Å². The number of rotatable bonds is 4. The average Bonchev–Trinajstić information content (AvgIpc) is 2.42. The lowest BCUT2D eigenvalue weighted by molar-refractivity contribution is -0.385. The van der Waals surface area contributed by atoms with Crippen LogP contribution in [0.4, 0.5) is 10.1 Å². The van der Waals surface area contributed by atoms with Gasteiger partial charge in [0.25, 0.3) is 0 Å². The maximum absolute atomic E-state index is 13.7. The van der Waals surface area contributed by atoms with Gasteiger partial charge < -0.3 is 4.74 Å². The number of benzene rings is 1. The van der Waals surface area contributed by atoms with E-state index in [1.807, 2.05) is 0 Å². The van der Waals surface area contributed by atoms with Gasteiger partial charge in [0.15, 0.2) is 5.82 Å². The number of hydrogen-bond acceptors (Lipinski definition) is 4. The van der Waals surface area contributed by atoms with Crippen molar-refractivity contribution in [2.24, 2.45) is 0 Å². The highest BCUT2D eigenvalue weighted by Gasteiger charge is 2.21. The number of nitrogens with zero attached hydrogens (tertiary/aromatic N) is 2. The number of pyridine rings is 1. The monoisotopic (exact) mass is 296 g/mol. The number of alkyl halides is 1. The fourth-order valence-corrected chi connectivity index (χ4v) is 1.79. The van der Waals surface area contributed by atoms with Crippen molar-refractivity contribution in [3.05, 3.63) is 57.5 Å². The predicted molar refractivity (Wildman–Crippen MR) is 71.7 cm³/mol. The van der Waals surface area contributed by atoms with Gasteiger partial charge in [-0.05, 0) is 24.6 Å². The number of ether oxygens (including phenoxy) is 1. The molecule has 0 bridgehead atoms. The normalized spacial score (nSPS) is 10.3. The van der Waals surface area contributed by atoms with E-state index in [0.29, 0.717) is 5.56 Å². The molecule has 0 amide bonds. The van der Waals surface area contributed by atoms with Crippen molar-refractivity contribution in [1.82, 2.24) is 4.98 Å². The first-order chi connectivity index (χ1) is 9.52. The smallest absolute Gasteiger partial charge is 0.314 e. The molecule has 1 heterocycles. The van der Waals surface area contributed by atoms with Crippen LogP contribution < -0.4 is 4.74 Å². The van der Waals surface area contributed by atoms with Crippen LogP contribution in [0.2, 0.25) is 0 Å². The molecule has 1 aromatic heterocycles. The molecule has 0 radical (unpaired) electrons. The zero-order chi connectivity index (χ0) is 14.7. The van der Waals surface area contributed by atoms with Crippen molar-refractivity contribution in [2.75, 3.05) is 0 Å². The van der Waals surface area contributed by atoms with Crippen LogP contribution in [0, 0.1) is 22.9 Å². The molecule has 0 aliphatic carbocycles. The Morgan fingerprint density at radius 1 is 1.50 bits per heavy atom. The Labute approximate surface area is 119 Å². The maximum Gasteiger partial charge on any atom is 0.314 e. The van der Waals surface area contributed by atoms with Crippen molar-refractivity contribution in [1.29, 1.82) is 0 Å². The summed E-state index contributed by atoms with van der Waals surface area (Å²) in [4.78, 5) is 14.2. The van der Waals surface area contributed by atoms with Gasteiger partial charge in [-0.3, -0.25) is 10.1 Å². The van der Waals surface area contributed by atoms with Crippen molar-refractivity contribution < 1.29 is 14.1 Å². The Morgan fingerprint density at radius 2 is 2.25 bits per heavy atom. The van der Waals surface area contributed by atoms with Crippen LogP contribution in [0.3, 0.4) is 0 Å². The number of aromatic nitrogens is 1. The number of halogens is 2. The van der Waals surface area contributed by atoms with Crippen LogP contribution in [-0.4, -0.2) is 9.91 Å².